The van der Waals surface area contributed by atoms with E-state index in [1.807, 2.05) is 30.3 Å². The minimum atomic E-state index is -1.33. The van der Waals surface area contributed by atoms with Crippen LogP contribution in [-0.2, 0) is 9.59 Å². The number of carbonyl (C=O) groups is 2. The lowest BCUT2D eigenvalue weighted by Gasteiger charge is -2.36. The molecule has 2 nitrogen and oxygen atoms in total. The van der Waals surface area contributed by atoms with Gasteiger partial charge in [0.15, 0.2) is 5.78 Å². The van der Waals surface area contributed by atoms with Crippen molar-refractivity contribution in [2.75, 3.05) is 0 Å². The number of hydrogen-bond donors (Lipinski definition) is 0. The molecule has 0 aliphatic rings. The van der Waals surface area contributed by atoms with Crippen LogP contribution >= 0.6 is 11.6 Å². The van der Waals surface area contributed by atoms with E-state index >= 15 is 0 Å². The van der Waals surface area contributed by atoms with E-state index in [0.717, 1.165) is 5.56 Å². The molecule has 0 N–H and O–H groups in total. The Kier molecular flexibility index (Phi) is 5.55. The summed E-state index contributed by atoms with van der Waals surface area (Å²) < 4.78 is 14.4. The van der Waals surface area contributed by atoms with Crippen LogP contribution < -0.4 is 0 Å². The van der Waals surface area contributed by atoms with E-state index < -0.39 is 22.5 Å². The van der Waals surface area contributed by atoms with E-state index in [1.54, 1.807) is 25.1 Å². The van der Waals surface area contributed by atoms with E-state index in [4.69, 9.17) is 11.6 Å². The lowest BCUT2D eigenvalue weighted by Crippen LogP contribution is -2.40. The van der Waals surface area contributed by atoms with E-state index in [0.29, 0.717) is 0 Å². The van der Waals surface area contributed by atoms with Gasteiger partial charge in [0.2, 0.25) is 0 Å². The quantitative estimate of drug-likeness (QED) is 0.699. The molecular weight excluding hydrogens is 327 g/mol. The lowest BCUT2D eigenvalue weighted by atomic mass is 9.71. The number of ketones is 2. The first-order valence-corrected chi connectivity index (χ1v) is 8.14. The first-order chi connectivity index (χ1) is 11.3. The maximum atomic E-state index is 14.4. The normalized spacial score (nSPS) is 16.0. The van der Waals surface area contributed by atoms with Gasteiger partial charge in [0.05, 0.1) is 5.92 Å². The van der Waals surface area contributed by atoms with Crippen LogP contribution in [0.15, 0.2) is 54.6 Å². The van der Waals surface area contributed by atoms with Gasteiger partial charge in [0.25, 0.3) is 0 Å². The second-order valence-corrected chi connectivity index (χ2v) is 6.92. The molecule has 0 aromatic heterocycles. The van der Waals surface area contributed by atoms with Crippen molar-refractivity contribution < 1.29 is 14.0 Å². The van der Waals surface area contributed by atoms with Gasteiger partial charge < -0.3 is 0 Å². The molecule has 3 unspecified atom stereocenters. The minimum Gasteiger partial charge on any atom is -0.299 e. The van der Waals surface area contributed by atoms with Gasteiger partial charge in [-0.3, -0.25) is 9.59 Å². The third-order valence-electron chi connectivity index (χ3n) is 4.44. The van der Waals surface area contributed by atoms with Crippen molar-refractivity contribution in [3.8, 4) is 0 Å². The van der Waals surface area contributed by atoms with Crippen molar-refractivity contribution in [2.45, 2.75) is 37.5 Å². The minimum absolute atomic E-state index is 0.234. The fraction of sp³-hybridized carbons (Fsp3) is 0.300. The Balaban J connectivity index is 2.70. The maximum absolute atomic E-state index is 14.4. The monoisotopic (exact) mass is 346 g/mol. The molecule has 0 radical (unpaired) electrons. The molecule has 0 fully saturated rings. The zero-order valence-electron chi connectivity index (χ0n) is 13.9. The average Bonchev–Trinajstić information content (AvgIpc) is 2.53. The molecule has 0 bridgehead atoms. The fourth-order valence-corrected chi connectivity index (χ4v) is 3.31. The largest absolute Gasteiger partial charge is 0.299 e. The summed E-state index contributed by atoms with van der Waals surface area (Å²) >= 11 is 6.59. The van der Waals surface area contributed by atoms with Crippen LogP contribution in [0.3, 0.4) is 0 Å². The smallest absolute Gasteiger partial charge is 0.151 e. The molecule has 24 heavy (non-hydrogen) atoms. The number of carbonyl (C=O) groups excluding carboxylic acids is 2. The number of Topliss-reactive ketones (excluding diaryl/α,β-unsaturated/α-hetero) is 2. The molecule has 2 rings (SSSR count). The van der Waals surface area contributed by atoms with Crippen molar-refractivity contribution in [1.29, 1.82) is 0 Å². The Morgan fingerprint density at radius 1 is 1.00 bits per heavy atom. The molecule has 0 amide bonds. The topological polar surface area (TPSA) is 34.1 Å². The van der Waals surface area contributed by atoms with Gasteiger partial charge in [-0.05, 0) is 38.0 Å². The SMILES string of the molecule is CC(=O)C(c1ccccc1F)C(c1ccccc1)C(C)(Cl)C(C)=O. The maximum Gasteiger partial charge on any atom is 0.151 e. The van der Waals surface area contributed by atoms with Crippen LogP contribution in [0, 0.1) is 5.82 Å². The zero-order chi connectivity index (χ0) is 17.9. The Bertz CT molecular complexity index is 740. The summed E-state index contributed by atoms with van der Waals surface area (Å²) in [4.78, 5) is 23.3. The second kappa shape index (κ2) is 7.27. The van der Waals surface area contributed by atoms with Gasteiger partial charge in [0.1, 0.15) is 16.5 Å². The van der Waals surface area contributed by atoms with Crippen molar-refractivity contribution in [2.24, 2.45) is 0 Å². The third-order valence-corrected chi connectivity index (χ3v) is 4.94. The standard InChI is InChI=1S/C20H20ClFO2/c1-13(23)18(16-11-7-8-12-17(16)22)19(20(3,21)14(2)24)15-9-5-4-6-10-15/h4-12,18-19H,1-3H3. The fourth-order valence-electron chi connectivity index (χ4n) is 3.06. The van der Waals surface area contributed by atoms with E-state index in [2.05, 4.69) is 0 Å². The first kappa shape index (κ1) is 18.3. The van der Waals surface area contributed by atoms with Crippen molar-refractivity contribution in [1.82, 2.24) is 0 Å². The summed E-state index contributed by atoms with van der Waals surface area (Å²) in [7, 11) is 0. The van der Waals surface area contributed by atoms with Crippen LogP contribution in [0.1, 0.15) is 43.7 Å². The Labute approximate surface area is 146 Å². The number of halogens is 2. The van der Waals surface area contributed by atoms with Gasteiger partial charge in [-0.15, -0.1) is 11.6 Å². The average molecular weight is 347 g/mol. The molecular formula is C20H20ClFO2. The molecule has 0 aliphatic carbocycles. The molecule has 2 aromatic carbocycles. The van der Waals surface area contributed by atoms with Crippen LogP contribution in [0.5, 0.6) is 0 Å². The summed E-state index contributed by atoms with van der Waals surface area (Å²) in [5.41, 5.74) is 0.987. The summed E-state index contributed by atoms with van der Waals surface area (Å²) in [6.07, 6.45) is 0. The summed E-state index contributed by atoms with van der Waals surface area (Å²) in [5, 5.41) is 0. The molecule has 0 saturated heterocycles. The summed E-state index contributed by atoms with van der Waals surface area (Å²) in [6.45, 7) is 4.38. The van der Waals surface area contributed by atoms with E-state index in [1.165, 1.54) is 19.9 Å². The highest BCUT2D eigenvalue weighted by molar-refractivity contribution is 6.35. The molecule has 0 saturated carbocycles. The molecule has 0 heterocycles. The predicted octanol–water partition coefficient (Wildman–Crippen LogP) is 4.87. The highest BCUT2D eigenvalue weighted by Gasteiger charge is 2.45. The first-order valence-electron chi connectivity index (χ1n) is 7.76. The zero-order valence-corrected chi connectivity index (χ0v) is 14.7. The number of alkyl halides is 1. The van der Waals surface area contributed by atoms with Gasteiger partial charge in [-0.1, -0.05) is 48.5 Å². The number of benzene rings is 2. The highest BCUT2D eigenvalue weighted by atomic mass is 35.5. The van der Waals surface area contributed by atoms with Crippen LogP contribution in [0.25, 0.3) is 0 Å². The Hall–Kier alpha value is -2.00. The molecule has 3 atom stereocenters. The lowest BCUT2D eigenvalue weighted by molar-refractivity contribution is -0.121. The second-order valence-electron chi connectivity index (χ2n) is 6.13. The van der Waals surface area contributed by atoms with Crippen LogP contribution in [0.2, 0.25) is 0 Å². The Morgan fingerprint density at radius 3 is 2.04 bits per heavy atom. The number of rotatable bonds is 6. The van der Waals surface area contributed by atoms with Gasteiger partial charge in [-0.25, -0.2) is 4.39 Å². The summed E-state index contributed by atoms with van der Waals surface area (Å²) in [5.74, 6) is -2.50. The summed E-state index contributed by atoms with van der Waals surface area (Å²) in [6, 6.07) is 15.2. The predicted molar refractivity (Wildman–Crippen MR) is 93.9 cm³/mol. The molecule has 2 aromatic rings. The van der Waals surface area contributed by atoms with Gasteiger partial charge in [0, 0.05) is 5.92 Å². The highest BCUT2D eigenvalue weighted by Crippen LogP contribution is 2.45. The molecule has 126 valence electrons. The van der Waals surface area contributed by atoms with Crippen molar-refractivity contribution >= 4 is 23.2 Å². The molecule has 0 spiro atoms. The van der Waals surface area contributed by atoms with Crippen LogP contribution in [-0.4, -0.2) is 16.4 Å². The van der Waals surface area contributed by atoms with Crippen LogP contribution in [0.4, 0.5) is 4.39 Å². The van der Waals surface area contributed by atoms with Crippen molar-refractivity contribution in [3.63, 3.8) is 0 Å². The van der Waals surface area contributed by atoms with Gasteiger partial charge >= 0.3 is 0 Å². The van der Waals surface area contributed by atoms with E-state index in [-0.39, 0.29) is 17.1 Å². The van der Waals surface area contributed by atoms with Gasteiger partial charge in [-0.2, -0.15) is 0 Å². The molecule has 4 heteroatoms. The number of hydrogen-bond acceptors (Lipinski definition) is 2. The van der Waals surface area contributed by atoms with Crippen molar-refractivity contribution in [3.05, 3.63) is 71.5 Å². The Morgan fingerprint density at radius 2 is 1.54 bits per heavy atom. The van der Waals surface area contributed by atoms with E-state index in [9.17, 15) is 14.0 Å². The molecule has 0 aliphatic heterocycles. The third kappa shape index (κ3) is 3.57.